The first-order valence-electron chi connectivity index (χ1n) is 7.54. The van der Waals surface area contributed by atoms with Crippen LogP contribution in [-0.2, 0) is 0 Å². The van der Waals surface area contributed by atoms with Crippen LogP contribution in [0.1, 0.15) is 24.8 Å². The Labute approximate surface area is 135 Å². The highest BCUT2D eigenvalue weighted by Crippen LogP contribution is 2.31. The molecule has 0 amide bonds. The van der Waals surface area contributed by atoms with Crippen molar-refractivity contribution in [3.05, 3.63) is 35.1 Å². The van der Waals surface area contributed by atoms with E-state index < -0.39 is 0 Å². The number of aryl methyl sites for hydroxylation is 1. The van der Waals surface area contributed by atoms with Crippen molar-refractivity contribution in [2.75, 3.05) is 29.0 Å². The van der Waals surface area contributed by atoms with E-state index in [-0.39, 0.29) is 0 Å². The van der Waals surface area contributed by atoms with Gasteiger partial charge in [0, 0.05) is 23.8 Å². The predicted molar refractivity (Wildman–Crippen MR) is 92.0 cm³/mol. The summed E-state index contributed by atoms with van der Waals surface area (Å²) >= 11 is 5.99. The molecule has 1 fully saturated rings. The summed E-state index contributed by atoms with van der Waals surface area (Å²) < 4.78 is 0. The number of nitrogens with zero attached hydrogens (tertiary/aromatic N) is 3. The summed E-state index contributed by atoms with van der Waals surface area (Å²) in [6.07, 6.45) is 5.20. The van der Waals surface area contributed by atoms with E-state index in [0.29, 0.717) is 16.5 Å². The van der Waals surface area contributed by atoms with Crippen molar-refractivity contribution >= 4 is 34.6 Å². The van der Waals surface area contributed by atoms with Gasteiger partial charge in [-0.15, -0.1) is 0 Å². The van der Waals surface area contributed by atoms with Crippen molar-refractivity contribution in [3.8, 4) is 0 Å². The Morgan fingerprint density at radius 3 is 2.68 bits per heavy atom. The van der Waals surface area contributed by atoms with Gasteiger partial charge in [-0.05, 0) is 49.9 Å². The lowest BCUT2D eigenvalue weighted by molar-refractivity contribution is 0.574. The van der Waals surface area contributed by atoms with Crippen LogP contribution in [0.2, 0.25) is 5.02 Å². The molecule has 116 valence electrons. The van der Waals surface area contributed by atoms with Crippen LogP contribution in [0.3, 0.4) is 0 Å². The summed E-state index contributed by atoms with van der Waals surface area (Å²) in [4.78, 5) is 10.9. The second-order valence-electron chi connectivity index (χ2n) is 5.59. The molecule has 0 atom stereocenters. The molecule has 2 aromatic rings. The molecule has 22 heavy (non-hydrogen) atoms. The van der Waals surface area contributed by atoms with Gasteiger partial charge in [0.05, 0.1) is 0 Å². The molecule has 3 rings (SSSR count). The molecular formula is C16H20ClN5. The average Bonchev–Trinajstić information content (AvgIpc) is 2.53. The molecule has 0 aliphatic carbocycles. The number of benzene rings is 1. The highest BCUT2D eigenvalue weighted by molar-refractivity contribution is 6.30. The third-order valence-electron chi connectivity index (χ3n) is 3.96. The Balaban J connectivity index is 1.87. The summed E-state index contributed by atoms with van der Waals surface area (Å²) in [7, 11) is 0. The number of hydrogen-bond acceptors (Lipinski definition) is 5. The van der Waals surface area contributed by atoms with Crippen molar-refractivity contribution in [2.45, 2.75) is 26.2 Å². The quantitative estimate of drug-likeness (QED) is 0.902. The molecular weight excluding hydrogens is 298 g/mol. The summed E-state index contributed by atoms with van der Waals surface area (Å²) in [5, 5.41) is 4.00. The van der Waals surface area contributed by atoms with E-state index in [0.717, 1.165) is 30.2 Å². The Morgan fingerprint density at radius 1 is 1.18 bits per heavy atom. The highest BCUT2D eigenvalue weighted by Gasteiger charge is 2.17. The van der Waals surface area contributed by atoms with Crippen LogP contribution >= 0.6 is 11.6 Å². The van der Waals surface area contributed by atoms with E-state index in [1.54, 1.807) is 6.33 Å². The lowest BCUT2D eigenvalue weighted by Crippen LogP contribution is -2.31. The van der Waals surface area contributed by atoms with E-state index in [1.807, 2.05) is 25.1 Å². The second kappa shape index (κ2) is 6.40. The Bertz CT molecular complexity index is 668. The number of anilines is 4. The minimum Gasteiger partial charge on any atom is -0.393 e. The summed E-state index contributed by atoms with van der Waals surface area (Å²) in [5.74, 6) is 1.46. The van der Waals surface area contributed by atoms with Gasteiger partial charge in [0.15, 0.2) is 11.6 Å². The standard InChI is InChI=1S/C16H20ClN5/c1-11-9-12(17)5-6-13(11)21-15-14(18)16(20-10-19-15)22-7-3-2-4-8-22/h5-6,9-10H,2-4,7-8,18H2,1H3,(H,19,20,21). The molecule has 2 heterocycles. The molecule has 3 N–H and O–H groups in total. The molecule has 0 radical (unpaired) electrons. The normalized spacial score (nSPS) is 14.9. The van der Waals surface area contributed by atoms with E-state index in [1.165, 1.54) is 19.3 Å². The molecule has 1 aliphatic heterocycles. The molecule has 1 aromatic heterocycles. The third-order valence-corrected chi connectivity index (χ3v) is 4.20. The smallest absolute Gasteiger partial charge is 0.159 e. The number of nitrogens with two attached hydrogens (primary N) is 1. The molecule has 5 nitrogen and oxygen atoms in total. The Morgan fingerprint density at radius 2 is 1.95 bits per heavy atom. The van der Waals surface area contributed by atoms with E-state index in [2.05, 4.69) is 20.2 Å². The van der Waals surface area contributed by atoms with Crippen LogP contribution < -0.4 is 16.0 Å². The maximum atomic E-state index is 6.29. The fraction of sp³-hybridized carbons (Fsp3) is 0.375. The topological polar surface area (TPSA) is 67.1 Å². The molecule has 1 aromatic carbocycles. The molecule has 0 bridgehead atoms. The van der Waals surface area contributed by atoms with Crippen molar-refractivity contribution in [1.82, 2.24) is 9.97 Å². The van der Waals surface area contributed by atoms with Crippen molar-refractivity contribution in [2.24, 2.45) is 0 Å². The third kappa shape index (κ3) is 3.09. The number of nitrogen functional groups attached to an aromatic ring is 1. The monoisotopic (exact) mass is 317 g/mol. The number of nitrogens with one attached hydrogen (secondary N) is 1. The maximum Gasteiger partial charge on any atom is 0.159 e. The molecule has 1 saturated heterocycles. The van der Waals surface area contributed by atoms with Gasteiger partial charge in [0.25, 0.3) is 0 Å². The van der Waals surface area contributed by atoms with Gasteiger partial charge in [-0.2, -0.15) is 0 Å². The highest BCUT2D eigenvalue weighted by atomic mass is 35.5. The van der Waals surface area contributed by atoms with Crippen LogP contribution in [-0.4, -0.2) is 23.1 Å². The van der Waals surface area contributed by atoms with Gasteiger partial charge in [-0.3, -0.25) is 0 Å². The SMILES string of the molecule is Cc1cc(Cl)ccc1Nc1ncnc(N2CCCCC2)c1N. The summed E-state index contributed by atoms with van der Waals surface area (Å²) in [6, 6.07) is 5.69. The molecule has 1 aliphatic rings. The minimum atomic E-state index is 0.596. The van der Waals surface area contributed by atoms with Gasteiger partial charge in [0.1, 0.15) is 12.0 Å². The fourth-order valence-electron chi connectivity index (χ4n) is 2.74. The summed E-state index contributed by atoms with van der Waals surface area (Å²) in [6.45, 7) is 4.00. The minimum absolute atomic E-state index is 0.596. The van der Waals surface area contributed by atoms with Crippen LogP contribution in [0.15, 0.2) is 24.5 Å². The average molecular weight is 318 g/mol. The fourth-order valence-corrected chi connectivity index (χ4v) is 2.97. The van der Waals surface area contributed by atoms with Crippen molar-refractivity contribution in [3.63, 3.8) is 0 Å². The van der Waals surface area contributed by atoms with Crippen LogP contribution in [0, 0.1) is 6.92 Å². The zero-order chi connectivity index (χ0) is 15.5. The largest absolute Gasteiger partial charge is 0.393 e. The molecule has 0 unspecified atom stereocenters. The maximum absolute atomic E-state index is 6.29. The van der Waals surface area contributed by atoms with Crippen molar-refractivity contribution < 1.29 is 0 Å². The predicted octanol–water partition coefficient (Wildman–Crippen LogP) is 3.75. The lowest BCUT2D eigenvalue weighted by atomic mass is 10.1. The number of rotatable bonds is 3. The van der Waals surface area contributed by atoms with Gasteiger partial charge >= 0.3 is 0 Å². The Hall–Kier alpha value is -2.01. The van der Waals surface area contributed by atoms with Gasteiger partial charge in [-0.25, -0.2) is 9.97 Å². The summed E-state index contributed by atoms with van der Waals surface area (Å²) in [5.41, 5.74) is 8.87. The lowest BCUT2D eigenvalue weighted by Gasteiger charge is -2.29. The van der Waals surface area contributed by atoms with Gasteiger partial charge < -0.3 is 16.0 Å². The van der Waals surface area contributed by atoms with Crippen LogP contribution in [0.5, 0.6) is 0 Å². The van der Waals surface area contributed by atoms with E-state index in [9.17, 15) is 0 Å². The Kier molecular flexibility index (Phi) is 4.34. The number of piperidine rings is 1. The first-order valence-corrected chi connectivity index (χ1v) is 7.91. The number of hydrogen-bond donors (Lipinski definition) is 2. The first-order chi connectivity index (χ1) is 10.6. The molecule has 0 spiro atoms. The first kappa shape index (κ1) is 14.9. The van der Waals surface area contributed by atoms with Gasteiger partial charge in [0.2, 0.25) is 0 Å². The molecule has 6 heteroatoms. The molecule has 0 saturated carbocycles. The number of halogens is 1. The van der Waals surface area contributed by atoms with Crippen molar-refractivity contribution in [1.29, 1.82) is 0 Å². The van der Waals surface area contributed by atoms with Crippen LogP contribution in [0.4, 0.5) is 23.0 Å². The number of aromatic nitrogens is 2. The zero-order valence-electron chi connectivity index (χ0n) is 12.6. The zero-order valence-corrected chi connectivity index (χ0v) is 13.4. The van der Waals surface area contributed by atoms with E-state index in [4.69, 9.17) is 17.3 Å². The van der Waals surface area contributed by atoms with E-state index >= 15 is 0 Å². The van der Waals surface area contributed by atoms with Gasteiger partial charge in [-0.1, -0.05) is 11.6 Å². The van der Waals surface area contributed by atoms with Crippen LogP contribution in [0.25, 0.3) is 0 Å². The second-order valence-corrected chi connectivity index (χ2v) is 6.03.